The third-order valence-electron chi connectivity index (χ3n) is 2.71. The fraction of sp³-hybridized carbons (Fsp3) is 0.231. The number of benzene rings is 1. The molecule has 0 amide bonds. The molecule has 0 spiro atoms. The molecule has 2 heterocycles. The molecule has 18 heavy (non-hydrogen) atoms. The van der Waals surface area contributed by atoms with Gasteiger partial charge in [0.1, 0.15) is 11.8 Å². The topological polar surface area (TPSA) is 78.1 Å². The van der Waals surface area contributed by atoms with Crippen LogP contribution < -0.4 is 5.73 Å². The standard InChI is InChI=1S/C13H13N3O2/c1-13(2,14)12-15-11(18-16-12)9-7-17-10-6-4-3-5-8(9)10/h3-7H,14H2,1-2H3. The zero-order valence-corrected chi connectivity index (χ0v) is 10.2. The van der Waals surface area contributed by atoms with Gasteiger partial charge in [-0.25, -0.2) is 0 Å². The van der Waals surface area contributed by atoms with Gasteiger partial charge >= 0.3 is 0 Å². The molecule has 0 aliphatic rings. The van der Waals surface area contributed by atoms with Crippen LogP contribution in [0.2, 0.25) is 0 Å². The van der Waals surface area contributed by atoms with Gasteiger partial charge in [0.25, 0.3) is 5.89 Å². The van der Waals surface area contributed by atoms with Crippen LogP contribution in [-0.2, 0) is 5.54 Å². The van der Waals surface area contributed by atoms with Crippen LogP contribution in [-0.4, -0.2) is 10.1 Å². The van der Waals surface area contributed by atoms with Crippen molar-refractivity contribution in [3.8, 4) is 11.5 Å². The summed E-state index contributed by atoms with van der Waals surface area (Å²) < 4.78 is 10.7. The molecule has 0 aliphatic carbocycles. The van der Waals surface area contributed by atoms with Gasteiger partial charge in [0.05, 0.1) is 11.1 Å². The average Bonchev–Trinajstić information content (AvgIpc) is 2.94. The Balaban J connectivity index is 2.13. The molecule has 0 unspecified atom stereocenters. The molecule has 0 atom stereocenters. The van der Waals surface area contributed by atoms with Crippen molar-refractivity contribution in [3.05, 3.63) is 36.4 Å². The van der Waals surface area contributed by atoms with Crippen molar-refractivity contribution in [2.24, 2.45) is 5.73 Å². The second-order valence-electron chi connectivity index (χ2n) is 4.79. The lowest BCUT2D eigenvalue weighted by atomic mass is 10.1. The van der Waals surface area contributed by atoms with E-state index in [1.165, 1.54) is 0 Å². The quantitative estimate of drug-likeness (QED) is 0.748. The minimum absolute atomic E-state index is 0.425. The highest BCUT2D eigenvalue weighted by Gasteiger charge is 2.23. The van der Waals surface area contributed by atoms with E-state index in [1.807, 2.05) is 38.1 Å². The van der Waals surface area contributed by atoms with Gasteiger partial charge in [-0.2, -0.15) is 4.98 Å². The molecule has 0 saturated carbocycles. The van der Waals surface area contributed by atoms with Crippen molar-refractivity contribution in [2.45, 2.75) is 19.4 Å². The normalized spacial score (nSPS) is 12.2. The van der Waals surface area contributed by atoms with Crippen LogP contribution in [0.4, 0.5) is 0 Å². The number of rotatable bonds is 2. The Labute approximate surface area is 104 Å². The highest BCUT2D eigenvalue weighted by Crippen LogP contribution is 2.30. The van der Waals surface area contributed by atoms with Gasteiger partial charge in [0, 0.05) is 5.39 Å². The highest BCUT2D eigenvalue weighted by atomic mass is 16.5. The van der Waals surface area contributed by atoms with Gasteiger partial charge < -0.3 is 14.7 Å². The average molecular weight is 243 g/mol. The molecule has 0 radical (unpaired) electrons. The van der Waals surface area contributed by atoms with Gasteiger partial charge in [-0.15, -0.1) is 0 Å². The van der Waals surface area contributed by atoms with E-state index >= 15 is 0 Å². The van der Waals surface area contributed by atoms with Crippen molar-refractivity contribution in [3.63, 3.8) is 0 Å². The van der Waals surface area contributed by atoms with Gasteiger partial charge in [0.15, 0.2) is 5.82 Å². The molecule has 0 bridgehead atoms. The van der Waals surface area contributed by atoms with Crippen LogP contribution in [0.3, 0.4) is 0 Å². The summed E-state index contributed by atoms with van der Waals surface area (Å²) in [6.45, 7) is 3.66. The van der Waals surface area contributed by atoms with Gasteiger partial charge in [0.2, 0.25) is 0 Å². The van der Waals surface area contributed by atoms with Gasteiger partial charge in [-0.05, 0) is 19.9 Å². The fourth-order valence-electron chi connectivity index (χ4n) is 1.74. The van der Waals surface area contributed by atoms with E-state index < -0.39 is 5.54 Å². The third kappa shape index (κ3) is 1.69. The second kappa shape index (κ2) is 3.68. The number of nitrogens with two attached hydrogens (primary N) is 1. The van der Waals surface area contributed by atoms with E-state index in [0.717, 1.165) is 16.5 Å². The summed E-state index contributed by atoms with van der Waals surface area (Å²) in [5.41, 5.74) is 6.88. The minimum Gasteiger partial charge on any atom is -0.463 e. The van der Waals surface area contributed by atoms with E-state index in [2.05, 4.69) is 10.1 Å². The lowest BCUT2D eigenvalue weighted by molar-refractivity contribution is 0.397. The Bertz CT molecular complexity index is 691. The molecule has 0 aliphatic heterocycles. The maximum absolute atomic E-state index is 5.93. The molecular weight excluding hydrogens is 230 g/mol. The Hall–Kier alpha value is -2.14. The van der Waals surface area contributed by atoms with E-state index in [4.69, 9.17) is 14.7 Å². The SMILES string of the molecule is CC(C)(N)c1noc(-c2coc3ccccc23)n1. The Morgan fingerprint density at radius 3 is 2.72 bits per heavy atom. The number of hydrogen-bond donors (Lipinski definition) is 1. The number of fused-ring (bicyclic) bond motifs is 1. The van der Waals surface area contributed by atoms with Crippen molar-refractivity contribution in [2.75, 3.05) is 0 Å². The van der Waals surface area contributed by atoms with Crippen LogP contribution in [0, 0.1) is 0 Å². The molecule has 0 fully saturated rings. The molecule has 92 valence electrons. The van der Waals surface area contributed by atoms with Crippen molar-refractivity contribution in [1.29, 1.82) is 0 Å². The first kappa shape index (κ1) is 11.0. The van der Waals surface area contributed by atoms with E-state index in [9.17, 15) is 0 Å². The summed E-state index contributed by atoms with van der Waals surface area (Å²) in [4.78, 5) is 4.31. The van der Waals surface area contributed by atoms with Gasteiger partial charge in [-0.3, -0.25) is 0 Å². The summed E-state index contributed by atoms with van der Waals surface area (Å²) >= 11 is 0. The number of para-hydroxylation sites is 1. The highest BCUT2D eigenvalue weighted by molar-refractivity contribution is 5.91. The molecule has 2 aromatic heterocycles. The van der Waals surface area contributed by atoms with E-state index in [-0.39, 0.29) is 0 Å². The van der Waals surface area contributed by atoms with Crippen LogP contribution >= 0.6 is 0 Å². The number of furan rings is 1. The van der Waals surface area contributed by atoms with Crippen LogP contribution in [0.5, 0.6) is 0 Å². The minimum atomic E-state index is -0.624. The first-order valence-electron chi connectivity index (χ1n) is 5.65. The molecule has 0 saturated heterocycles. The molecule has 3 aromatic rings. The summed E-state index contributed by atoms with van der Waals surface area (Å²) in [7, 11) is 0. The summed E-state index contributed by atoms with van der Waals surface area (Å²) in [6.07, 6.45) is 1.62. The van der Waals surface area contributed by atoms with E-state index in [0.29, 0.717) is 11.7 Å². The summed E-state index contributed by atoms with van der Waals surface area (Å²) in [6, 6.07) is 7.69. The smallest absolute Gasteiger partial charge is 0.261 e. The van der Waals surface area contributed by atoms with Crippen molar-refractivity contribution < 1.29 is 8.94 Å². The first-order valence-corrected chi connectivity index (χ1v) is 5.65. The molecule has 1 aromatic carbocycles. The molecule has 5 heteroatoms. The van der Waals surface area contributed by atoms with E-state index in [1.54, 1.807) is 6.26 Å². The maximum Gasteiger partial charge on any atom is 0.261 e. The second-order valence-corrected chi connectivity index (χ2v) is 4.79. The van der Waals surface area contributed by atoms with Crippen LogP contribution in [0.1, 0.15) is 19.7 Å². The molecular formula is C13H13N3O2. The fourth-order valence-corrected chi connectivity index (χ4v) is 1.74. The first-order chi connectivity index (χ1) is 8.55. The molecule has 2 N–H and O–H groups in total. The summed E-state index contributed by atoms with van der Waals surface area (Å²) in [5.74, 6) is 0.899. The number of nitrogens with zero attached hydrogens (tertiary/aromatic N) is 2. The largest absolute Gasteiger partial charge is 0.463 e. The maximum atomic E-state index is 5.93. The van der Waals surface area contributed by atoms with Gasteiger partial charge in [-0.1, -0.05) is 23.4 Å². The number of aromatic nitrogens is 2. The lowest BCUT2D eigenvalue weighted by Crippen LogP contribution is -2.30. The summed E-state index contributed by atoms with van der Waals surface area (Å²) in [5, 5.41) is 4.84. The van der Waals surface area contributed by atoms with Crippen LogP contribution in [0.25, 0.3) is 22.4 Å². The predicted molar refractivity (Wildman–Crippen MR) is 66.7 cm³/mol. The predicted octanol–water partition coefficient (Wildman–Crippen LogP) is 2.68. The Morgan fingerprint density at radius 1 is 1.22 bits per heavy atom. The lowest BCUT2D eigenvalue weighted by Gasteiger charge is -2.11. The Morgan fingerprint density at radius 2 is 2.00 bits per heavy atom. The number of hydrogen-bond acceptors (Lipinski definition) is 5. The zero-order chi connectivity index (χ0) is 12.8. The molecule has 5 nitrogen and oxygen atoms in total. The van der Waals surface area contributed by atoms with Crippen molar-refractivity contribution in [1.82, 2.24) is 10.1 Å². The third-order valence-corrected chi connectivity index (χ3v) is 2.71. The van der Waals surface area contributed by atoms with Crippen molar-refractivity contribution >= 4 is 11.0 Å². The Kier molecular flexibility index (Phi) is 2.24. The monoisotopic (exact) mass is 243 g/mol. The zero-order valence-electron chi connectivity index (χ0n) is 10.2. The molecule has 3 rings (SSSR count). The van der Waals surface area contributed by atoms with Crippen LogP contribution in [0.15, 0.2) is 39.5 Å².